The van der Waals surface area contributed by atoms with Gasteiger partial charge in [0.15, 0.2) is 0 Å². The largest absolute Gasteiger partial charge is 0.507 e. The minimum Gasteiger partial charge on any atom is -0.507 e. The number of rotatable bonds is 6. The van der Waals surface area contributed by atoms with Gasteiger partial charge in [-0.05, 0) is 71.5 Å². The van der Waals surface area contributed by atoms with E-state index >= 15 is 0 Å². The molecule has 0 amide bonds. The van der Waals surface area contributed by atoms with E-state index in [1.165, 1.54) is 0 Å². The van der Waals surface area contributed by atoms with Gasteiger partial charge in [-0.25, -0.2) is 0 Å². The number of phenols is 2. The van der Waals surface area contributed by atoms with E-state index in [1.54, 1.807) is 24.6 Å². The molecular formula is C26H28N2O2. The molecule has 154 valence electrons. The Morgan fingerprint density at radius 2 is 0.967 bits per heavy atom. The second kappa shape index (κ2) is 9.40. The zero-order valence-corrected chi connectivity index (χ0v) is 17.9. The van der Waals surface area contributed by atoms with Gasteiger partial charge >= 0.3 is 0 Å². The molecule has 3 rings (SSSR count). The highest BCUT2D eigenvalue weighted by molar-refractivity contribution is 5.87. The highest BCUT2D eigenvalue weighted by Gasteiger charge is 2.05. The van der Waals surface area contributed by atoms with Crippen LogP contribution in [-0.4, -0.2) is 22.6 Å². The van der Waals surface area contributed by atoms with Gasteiger partial charge in [-0.3, -0.25) is 9.98 Å². The van der Waals surface area contributed by atoms with Crippen molar-refractivity contribution in [1.82, 2.24) is 0 Å². The number of hydrogen-bond donors (Lipinski definition) is 2. The van der Waals surface area contributed by atoms with Crippen molar-refractivity contribution in [3.63, 3.8) is 0 Å². The summed E-state index contributed by atoms with van der Waals surface area (Å²) in [5.74, 6) is 1.20. The van der Waals surface area contributed by atoms with Gasteiger partial charge in [-0.1, -0.05) is 39.8 Å². The number of aliphatic imine (C=N–C) groups is 2. The lowest BCUT2D eigenvalue weighted by Crippen LogP contribution is -1.90. The molecule has 30 heavy (non-hydrogen) atoms. The molecule has 2 N–H and O–H groups in total. The summed E-state index contributed by atoms with van der Waals surface area (Å²) in [7, 11) is 0. The maximum absolute atomic E-state index is 10.1. The molecule has 0 aliphatic rings. The lowest BCUT2D eigenvalue weighted by molar-refractivity contribution is 0.473. The third-order valence-corrected chi connectivity index (χ3v) is 4.99. The number of benzene rings is 3. The first-order valence-electron chi connectivity index (χ1n) is 10.2. The molecule has 0 bridgehead atoms. The summed E-state index contributed by atoms with van der Waals surface area (Å²) < 4.78 is 0. The van der Waals surface area contributed by atoms with E-state index in [0.29, 0.717) is 23.0 Å². The second-order valence-electron chi connectivity index (χ2n) is 7.98. The maximum Gasteiger partial charge on any atom is 0.124 e. The van der Waals surface area contributed by atoms with Crippen LogP contribution >= 0.6 is 0 Å². The highest BCUT2D eigenvalue weighted by atomic mass is 16.3. The Hall–Kier alpha value is -3.40. The molecule has 0 unspecified atom stereocenters. The van der Waals surface area contributed by atoms with E-state index in [0.717, 1.165) is 22.5 Å². The monoisotopic (exact) mass is 400 g/mol. The van der Waals surface area contributed by atoms with Gasteiger partial charge in [-0.15, -0.1) is 0 Å². The van der Waals surface area contributed by atoms with Crippen LogP contribution in [0.4, 0.5) is 11.4 Å². The van der Waals surface area contributed by atoms with E-state index in [1.807, 2.05) is 48.5 Å². The van der Waals surface area contributed by atoms with E-state index < -0.39 is 0 Å². The SMILES string of the molecule is CC(C)c1ccc(O)c(C=Nc2ccc(N=Cc3cc(C(C)C)ccc3O)cc2)c1. The van der Waals surface area contributed by atoms with Crippen LogP contribution in [0.5, 0.6) is 11.5 Å². The summed E-state index contributed by atoms with van der Waals surface area (Å²) >= 11 is 0. The van der Waals surface area contributed by atoms with Crippen LogP contribution < -0.4 is 0 Å². The molecule has 0 aliphatic carbocycles. The van der Waals surface area contributed by atoms with E-state index in [-0.39, 0.29) is 11.5 Å². The number of hydrogen-bond acceptors (Lipinski definition) is 4. The van der Waals surface area contributed by atoms with Gasteiger partial charge in [0.2, 0.25) is 0 Å². The Balaban J connectivity index is 1.74. The van der Waals surface area contributed by atoms with Crippen LogP contribution in [0.3, 0.4) is 0 Å². The summed E-state index contributed by atoms with van der Waals surface area (Å²) in [5, 5.41) is 20.1. The minimum absolute atomic E-state index is 0.216. The van der Waals surface area contributed by atoms with Crippen molar-refractivity contribution >= 4 is 23.8 Å². The Bertz CT molecular complexity index is 978. The fourth-order valence-corrected chi connectivity index (χ4v) is 2.98. The van der Waals surface area contributed by atoms with Crippen molar-refractivity contribution in [2.24, 2.45) is 9.98 Å². The van der Waals surface area contributed by atoms with Crippen molar-refractivity contribution < 1.29 is 10.2 Å². The zero-order chi connectivity index (χ0) is 21.7. The second-order valence-corrected chi connectivity index (χ2v) is 7.98. The Labute approximate surface area is 178 Å². The topological polar surface area (TPSA) is 65.2 Å². The van der Waals surface area contributed by atoms with E-state index in [2.05, 4.69) is 37.7 Å². The van der Waals surface area contributed by atoms with Gasteiger partial charge in [-0.2, -0.15) is 0 Å². The molecule has 0 radical (unpaired) electrons. The maximum atomic E-state index is 10.1. The Morgan fingerprint density at radius 1 is 0.600 bits per heavy atom. The lowest BCUT2D eigenvalue weighted by atomic mass is 10.0. The molecule has 0 spiro atoms. The average molecular weight is 401 g/mol. The molecule has 4 nitrogen and oxygen atoms in total. The Kier molecular flexibility index (Phi) is 6.68. The van der Waals surface area contributed by atoms with E-state index in [4.69, 9.17) is 0 Å². The van der Waals surface area contributed by atoms with Crippen molar-refractivity contribution in [3.05, 3.63) is 82.9 Å². The normalized spacial score (nSPS) is 11.9. The van der Waals surface area contributed by atoms with Crippen molar-refractivity contribution in [2.45, 2.75) is 39.5 Å². The van der Waals surface area contributed by atoms with Crippen LogP contribution in [0, 0.1) is 0 Å². The predicted octanol–water partition coefficient (Wildman–Crippen LogP) is 6.85. The molecule has 0 fully saturated rings. The zero-order valence-electron chi connectivity index (χ0n) is 17.9. The summed E-state index contributed by atoms with van der Waals surface area (Å²) in [6, 6.07) is 18.7. The fourth-order valence-electron chi connectivity index (χ4n) is 2.98. The summed E-state index contributed by atoms with van der Waals surface area (Å²) in [4.78, 5) is 8.93. The average Bonchev–Trinajstić information content (AvgIpc) is 2.73. The first kappa shape index (κ1) is 21.3. The minimum atomic E-state index is 0.216. The first-order valence-corrected chi connectivity index (χ1v) is 10.2. The van der Waals surface area contributed by atoms with Crippen molar-refractivity contribution in [3.8, 4) is 11.5 Å². The number of aromatic hydroxyl groups is 2. The molecule has 0 aromatic heterocycles. The molecule has 0 saturated carbocycles. The van der Waals surface area contributed by atoms with Crippen LogP contribution in [0.2, 0.25) is 0 Å². The summed E-state index contributed by atoms with van der Waals surface area (Å²) in [6.07, 6.45) is 3.35. The third-order valence-electron chi connectivity index (χ3n) is 4.99. The molecule has 0 saturated heterocycles. The van der Waals surface area contributed by atoms with Gasteiger partial charge < -0.3 is 10.2 Å². The lowest BCUT2D eigenvalue weighted by Gasteiger charge is -2.07. The van der Waals surface area contributed by atoms with Crippen LogP contribution in [-0.2, 0) is 0 Å². The first-order chi connectivity index (χ1) is 14.3. The molecule has 4 heteroatoms. The van der Waals surface area contributed by atoms with Gasteiger partial charge in [0, 0.05) is 23.6 Å². The molecule has 0 heterocycles. The highest BCUT2D eigenvalue weighted by Crippen LogP contribution is 2.25. The summed E-state index contributed by atoms with van der Waals surface area (Å²) in [6.45, 7) is 8.47. The van der Waals surface area contributed by atoms with E-state index in [9.17, 15) is 10.2 Å². The number of phenolic OH excluding ortho intramolecular Hbond substituents is 2. The van der Waals surface area contributed by atoms with Crippen LogP contribution in [0.25, 0.3) is 0 Å². The molecule has 0 aliphatic heterocycles. The third kappa shape index (κ3) is 5.35. The van der Waals surface area contributed by atoms with Crippen molar-refractivity contribution in [1.29, 1.82) is 0 Å². The predicted molar refractivity (Wildman–Crippen MR) is 125 cm³/mol. The number of nitrogens with zero attached hydrogens (tertiary/aromatic N) is 2. The van der Waals surface area contributed by atoms with Gasteiger partial charge in [0.1, 0.15) is 11.5 Å². The summed E-state index contributed by atoms with van der Waals surface area (Å²) in [5.41, 5.74) is 5.25. The van der Waals surface area contributed by atoms with Crippen LogP contribution in [0.15, 0.2) is 70.6 Å². The van der Waals surface area contributed by atoms with Gasteiger partial charge in [0.05, 0.1) is 11.4 Å². The smallest absolute Gasteiger partial charge is 0.124 e. The van der Waals surface area contributed by atoms with Crippen molar-refractivity contribution in [2.75, 3.05) is 0 Å². The standard InChI is InChI=1S/C26H28N2O2/c1-17(2)19-5-11-25(29)21(13-19)15-27-23-7-9-24(10-8-23)28-16-22-14-20(18(3)4)6-12-26(22)30/h5-18,29-30H,1-4H3. The van der Waals surface area contributed by atoms with Gasteiger partial charge in [0.25, 0.3) is 0 Å². The molecule has 3 aromatic rings. The quantitative estimate of drug-likeness (QED) is 0.445. The molecule has 3 aromatic carbocycles. The van der Waals surface area contributed by atoms with Crippen LogP contribution in [0.1, 0.15) is 61.8 Å². The molecule has 0 atom stereocenters. The Morgan fingerprint density at radius 3 is 1.30 bits per heavy atom. The molecular weight excluding hydrogens is 372 g/mol. The fraction of sp³-hybridized carbons (Fsp3) is 0.231.